The summed E-state index contributed by atoms with van der Waals surface area (Å²) in [4.78, 5) is 0.314. The number of hydrogen-bond donors (Lipinski definition) is 2. The van der Waals surface area contributed by atoms with Crippen LogP contribution in [0.3, 0.4) is 0 Å². The molecule has 0 aliphatic heterocycles. The van der Waals surface area contributed by atoms with Crippen LogP contribution >= 0.6 is 0 Å². The number of rotatable bonds is 4. The van der Waals surface area contributed by atoms with Crippen LogP contribution in [0.4, 0.5) is 0 Å². The third kappa shape index (κ3) is 3.30. The molecule has 0 saturated heterocycles. The molecule has 0 unspecified atom stereocenters. The lowest BCUT2D eigenvalue weighted by Gasteiger charge is -2.40. The van der Waals surface area contributed by atoms with Gasteiger partial charge in [0.2, 0.25) is 10.0 Å². The Morgan fingerprint density at radius 3 is 2.33 bits per heavy atom. The van der Waals surface area contributed by atoms with E-state index in [9.17, 15) is 13.5 Å². The lowest BCUT2D eigenvalue weighted by molar-refractivity contribution is 0.110. The van der Waals surface area contributed by atoms with E-state index in [1.54, 1.807) is 13.0 Å². The summed E-state index contributed by atoms with van der Waals surface area (Å²) in [5, 5.41) is 9.47. The van der Waals surface area contributed by atoms with Gasteiger partial charge in [0, 0.05) is 0 Å². The topological polar surface area (TPSA) is 66.4 Å². The van der Waals surface area contributed by atoms with Crippen molar-refractivity contribution in [3.63, 3.8) is 0 Å². The summed E-state index contributed by atoms with van der Waals surface area (Å²) < 4.78 is 28.1. The third-order valence-corrected chi connectivity index (χ3v) is 6.03. The van der Waals surface area contributed by atoms with E-state index in [0.717, 1.165) is 17.5 Å². The van der Waals surface area contributed by atoms with E-state index < -0.39 is 15.6 Å². The van der Waals surface area contributed by atoms with Gasteiger partial charge in [-0.05, 0) is 48.8 Å². The highest BCUT2D eigenvalue weighted by Crippen LogP contribution is 2.34. The van der Waals surface area contributed by atoms with Crippen molar-refractivity contribution >= 4 is 10.0 Å². The zero-order valence-corrected chi connectivity index (χ0v) is 14.0. The van der Waals surface area contributed by atoms with Gasteiger partial charge in [-0.15, -0.1) is 0 Å². The Hall–Kier alpha value is -0.910. The van der Waals surface area contributed by atoms with E-state index in [-0.39, 0.29) is 12.0 Å². The molecule has 1 aliphatic rings. The van der Waals surface area contributed by atoms with Gasteiger partial charge in [0.25, 0.3) is 0 Å². The monoisotopic (exact) mass is 311 g/mol. The van der Waals surface area contributed by atoms with Crippen molar-refractivity contribution in [2.75, 3.05) is 6.61 Å². The molecule has 0 amide bonds. The molecule has 0 spiro atoms. The van der Waals surface area contributed by atoms with Crippen LogP contribution < -0.4 is 4.72 Å². The molecule has 1 saturated carbocycles. The second-order valence-corrected chi connectivity index (χ2v) is 8.78. The average molecular weight is 311 g/mol. The van der Waals surface area contributed by atoms with Crippen LogP contribution in [-0.2, 0) is 15.4 Å². The molecule has 1 aromatic carbocycles. The fraction of sp³-hybridized carbons (Fsp3) is 0.625. The predicted molar refractivity (Wildman–Crippen MR) is 83.9 cm³/mol. The minimum absolute atomic E-state index is 0.108. The van der Waals surface area contributed by atoms with Gasteiger partial charge in [-0.25, -0.2) is 13.1 Å². The highest BCUT2D eigenvalue weighted by atomic mass is 32.2. The van der Waals surface area contributed by atoms with E-state index in [1.165, 1.54) is 0 Å². The minimum atomic E-state index is -3.61. The van der Waals surface area contributed by atoms with Gasteiger partial charge >= 0.3 is 0 Å². The first kappa shape index (κ1) is 16.5. The molecule has 1 aliphatic carbocycles. The Kier molecular flexibility index (Phi) is 4.21. The van der Waals surface area contributed by atoms with Crippen LogP contribution in [-0.4, -0.2) is 25.7 Å². The van der Waals surface area contributed by atoms with Gasteiger partial charge in [0.05, 0.1) is 17.0 Å². The highest BCUT2D eigenvalue weighted by Gasteiger charge is 2.40. The van der Waals surface area contributed by atoms with Gasteiger partial charge in [-0.3, -0.25) is 0 Å². The van der Waals surface area contributed by atoms with Crippen LogP contribution in [0.5, 0.6) is 0 Å². The fourth-order valence-corrected chi connectivity index (χ4v) is 4.31. The molecule has 1 fully saturated rings. The molecule has 0 atom stereocenters. The Morgan fingerprint density at radius 1 is 1.29 bits per heavy atom. The van der Waals surface area contributed by atoms with E-state index >= 15 is 0 Å². The number of nitrogens with one attached hydrogen (secondary N) is 1. The average Bonchev–Trinajstić information content (AvgIpc) is 2.32. The Labute approximate surface area is 127 Å². The SMILES string of the molecule is Cc1ccc(C(C)(C)C)cc1S(=O)(=O)NC1(CO)CCC1. The smallest absolute Gasteiger partial charge is 0.241 e. The minimum Gasteiger partial charge on any atom is -0.394 e. The van der Waals surface area contributed by atoms with Crippen molar-refractivity contribution in [3.8, 4) is 0 Å². The van der Waals surface area contributed by atoms with Gasteiger partial charge < -0.3 is 5.11 Å². The summed E-state index contributed by atoms with van der Waals surface area (Å²) >= 11 is 0. The maximum absolute atomic E-state index is 12.7. The quantitative estimate of drug-likeness (QED) is 0.898. The number of benzene rings is 1. The zero-order chi connectivity index (χ0) is 15.9. The molecule has 4 nitrogen and oxygen atoms in total. The summed E-state index contributed by atoms with van der Waals surface area (Å²) in [6.07, 6.45) is 2.34. The molecule has 2 rings (SSSR count). The summed E-state index contributed by atoms with van der Waals surface area (Å²) in [6.45, 7) is 7.82. The van der Waals surface area contributed by atoms with E-state index in [2.05, 4.69) is 25.5 Å². The van der Waals surface area contributed by atoms with E-state index in [4.69, 9.17) is 0 Å². The zero-order valence-electron chi connectivity index (χ0n) is 13.2. The van der Waals surface area contributed by atoms with Crippen molar-refractivity contribution < 1.29 is 13.5 Å². The van der Waals surface area contributed by atoms with Crippen molar-refractivity contribution in [1.82, 2.24) is 4.72 Å². The largest absolute Gasteiger partial charge is 0.394 e. The third-order valence-electron chi connectivity index (χ3n) is 4.31. The summed E-state index contributed by atoms with van der Waals surface area (Å²) in [7, 11) is -3.61. The summed E-state index contributed by atoms with van der Waals surface area (Å²) in [5.41, 5.74) is 0.939. The number of aliphatic hydroxyl groups is 1. The van der Waals surface area contributed by atoms with Gasteiger partial charge in [0.1, 0.15) is 0 Å². The molecular weight excluding hydrogens is 286 g/mol. The van der Waals surface area contributed by atoms with Crippen molar-refractivity contribution in [2.45, 2.75) is 62.8 Å². The van der Waals surface area contributed by atoms with Gasteiger partial charge in [0.15, 0.2) is 0 Å². The number of hydrogen-bond acceptors (Lipinski definition) is 3. The lowest BCUT2D eigenvalue weighted by Crippen LogP contribution is -2.56. The van der Waals surface area contributed by atoms with E-state index in [1.807, 2.05) is 12.1 Å². The van der Waals surface area contributed by atoms with Crippen LogP contribution in [0.25, 0.3) is 0 Å². The molecule has 0 bridgehead atoms. The first-order valence-corrected chi connectivity index (χ1v) is 8.84. The molecule has 118 valence electrons. The molecular formula is C16H25NO3S. The van der Waals surface area contributed by atoms with Crippen LogP contribution in [0.15, 0.2) is 23.1 Å². The first-order valence-electron chi connectivity index (χ1n) is 7.36. The second kappa shape index (κ2) is 5.38. The molecule has 5 heteroatoms. The molecule has 1 aromatic rings. The van der Waals surface area contributed by atoms with Crippen molar-refractivity contribution in [2.24, 2.45) is 0 Å². The van der Waals surface area contributed by atoms with Crippen LogP contribution in [0, 0.1) is 6.92 Å². The van der Waals surface area contributed by atoms with Crippen molar-refractivity contribution in [1.29, 1.82) is 0 Å². The van der Waals surface area contributed by atoms with E-state index in [0.29, 0.717) is 17.7 Å². The Bertz CT molecular complexity index is 620. The standard InChI is InChI=1S/C16H25NO3S/c1-12-6-7-13(15(2,3)4)10-14(12)21(19,20)17-16(11-18)8-5-9-16/h6-7,10,17-18H,5,8-9,11H2,1-4H3. The Morgan fingerprint density at radius 2 is 1.90 bits per heavy atom. The molecule has 21 heavy (non-hydrogen) atoms. The number of aryl methyl sites for hydroxylation is 1. The Balaban J connectivity index is 2.40. The number of aliphatic hydroxyl groups excluding tert-OH is 1. The maximum atomic E-state index is 12.7. The maximum Gasteiger partial charge on any atom is 0.241 e. The first-order chi connectivity index (χ1) is 9.60. The molecule has 0 aromatic heterocycles. The lowest BCUT2D eigenvalue weighted by atomic mass is 9.78. The number of sulfonamides is 1. The summed E-state index contributed by atoms with van der Waals surface area (Å²) in [5.74, 6) is 0. The van der Waals surface area contributed by atoms with Crippen molar-refractivity contribution in [3.05, 3.63) is 29.3 Å². The normalized spacial score (nSPS) is 18.3. The fourth-order valence-electron chi connectivity index (χ4n) is 2.59. The highest BCUT2D eigenvalue weighted by molar-refractivity contribution is 7.89. The molecule has 0 radical (unpaired) electrons. The molecule has 0 heterocycles. The van der Waals surface area contributed by atoms with Gasteiger partial charge in [-0.1, -0.05) is 32.9 Å². The van der Waals surface area contributed by atoms with Crippen LogP contribution in [0.1, 0.15) is 51.2 Å². The predicted octanol–water partition coefficient (Wildman–Crippen LogP) is 2.49. The molecule has 2 N–H and O–H groups in total. The summed E-state index contributed by atoms with van der Waals surface area (Å²) in [6, 6.07) is 5.57. The van der Waals surface area contributed by atoms with Gasteiger partial charge in [-0.2, -0.15) is 0 Å². The second-order valence-electron chi connectivity index (χ2n) is 7.13. The van der Waals surface area contributed by atoms with Crippen LogP contribution in [0.2, 0.25) is 0 Å².